The SMILES string of the molecule is CS1(C)C2=C(CCC=C2)c2ccc3cc4c5/c(n(-c6ccccc6)c4cc3c21)=C\C=C\C=C\C=C/C(N(c1ccccc1)c1ccc2c(c1)sc1ccccc12)=C\C=5. The number of aromatic nitrogens is 1. The van der Waals surface area contributed by atoms with E-state index in [2.05, 4.69) is 216 Å². The van der Waals surface area contributed by atoms with Gasteiger partial charge in [0.15, 0.2) is 0 Å². The van der Waals surface area contributed by atoms with Crippen LogP contribution in [0, 0.1) is 0 Å². The maximum absolute atomic E-state index is 2.50. The van der Waals surface area contributed by atoms with Crippen LogP contribution in [0.3, 0.4) is 0 Å². The molecule has 3 aliphatic rings. The molecule has 0 spiro atoms. The molecule has 0 radical (unpaired) electrons. The Labute approximate surface area is 344 Å². The van der Waals surface area contributed by atoms with Crippen LogP contribution in [-0.4, -0.2) is 17.1 Å². The van der Waals surface area contributed by atoms with Gasteiger partial charge in [0.2, 0.25) is 0 Å². The lowest BCUT2D eigenvalue weighted by Gasteiger charge is -2.31. The molecule has 0 saturated heterocycles. The molecule has 0 N–H and O–H groups in total. The van der Waals surface area contributed by atoms with Crippen LogP contribution in [0.4, 0.5) is 11.4 Å². The molecule has 8 aromatic rings. The Kier molecular flexibility index (Phi) is 8.39. The van der Waals surface area contributed by atoms with Crippen molar-refractivity contribution in [3.05, 3.63) is 209 Å². The average molecular weight is 783 g/mol. The molecule has 3 heterocycles. The van der Waals surface area contributed by atoms with Gasteiger partial charge in [-0.25, -0.2) is 0 Å². The second-order valence-electron chi connectivity index (χ2n) is 15.6. The molecule has 0 amide bonds. The lowest BCUT2D eigenvalue weighted by molar-refractivity contribution is 1.05. The lowest BCUT2D eigenvalue weighted by Crippen LogP contribution is -2.28. The molecular weight excluding hydrogens is 741 g/mol. The van der Waals surface area contributed by atoms with Gasteiger partial charge in [-0.1, -0.05) is 121 Å². The van der Waals surface area contributed by atoms with Crippen molar-refractivity contribution in [1.29, 1.82) is 0 Å². The summed E-state index contributed by atoms with van der Waals surface area (Å²) in [5.41, 5.74) is 8.70. The van der Waals surface area contributed by atoms with E-state index in [9.17, 15) is 0 Å². The van der Waals surface area contributed by atoms with E-state index in [0.29, 0.717) is 0 Å². The largest absolute Gasteiger partial charge is 0.310 e. The Morgan fingerprint density at radius 2 is 1.38 bits per heavy atom. The number of anilines is 2. The quantitative estimate of drug-likeness (QED) is 0.173. The molecule has 4 heteroatoms. The smallest absolute Gasteiger partial charge is 0.0547 e. The molecule has 58 heavy (non-hydrogen) atoms. The normalized spacial score (nSPS) is 20.1. The molecule has 1 aliphatic heterocycles. The first kappa shape index (κ1) is 34.9. The predicted octanol–water partition coefficient (Wildman–Crippen LogP) is 13.6. The van der Waals surface area contributed by atoms with Crippen molar-refractivity contribution in [2.75, 3.05) is 17.4 Å². The van der Waals surface area contributed by atoms with Crippen LogP contribution in [0.1, 0.15) is 18.4 Å². The van der Waals surface area contributed by atoms with Gasteiger partial charge in [-0.2, -0.15) is 10.0 Å². The first-order valence-corrected chi connectivity index (χ1v) is 23.3. The summed E-state index contributed by atoms with van der Waals surface area (Å²) in [4.78, 5) is 5.49. The molecule has 6 aromatic carbocycles. The number of hydrogen-bond acceptors (Lipinski definition) is 2. The first-order valence-electron chi connectivity index (χ1n) is 20.0. The zero-order valence-corrected chi connectivity index (χ0v) is 34.2. The lowest BCUT2D eigenvalue weighted by atomic mass is 9.95. The van der Waals surface area contributed by atoms with Gasteiger partial charge in [-0.05, 0) is 125 Å². The highest BCUT2D eigenvalue weighted by molar-refractivity contribution is 8.36. The molecule has 2 aromatic heterocycles. The van der Waals surface area contributed by atoms with E-state index >= 15 is 0 Å². The van der Waals surface area contributed by atoms with Gasteiger partial charge in [0, 0.05) is 58.4 Å². The van der Waals surface area contributed by atoms with E-state index in [1.165, 1.54) is 57.5 Å². The van der Waals surface area contributed by atoms with E-state index in [0.717, 1.165) is 40.9 Å². The summed E-state index contributed by atoms with van der Waals surface area (Å²) in [6.45, 7) is 0. The Bertz CT molecular complexity index is 3290. The minimum atomic E-state index is -1.17. The van der Waals surface area contributed by atoms with Gasteiger partial charge in [-0.15, -0.1) is 11.3 Å². The predicted molar refractivity (Wildman–Crippen MR) is 255 cm³/mol. The molecule has 0 bridgehead atoms. The third-order valence-corrected chi connectivity index (χ3v) is 16.0. The number of fused-ring (bicyclic) bond motifs is 10. The zero-order chi connectivity index (χ0) is 38.8. The van der Waals surface area contributed by atoms with Gasteiger partial charge < -0.3 is 9.47 Å². The van der Waals surface area contributed by atoms with Gasteiger partial charge in [0.05, 0.1) is 10.9 Å². The summed E-state index contributed by atoms with van der Waals surface area (Å²) in [7, 11) is -1.17. The summed E-state index contributed by atoms with van der Waals surface area (Å²) in [6, 6.07) is 47.0. The summed E-state index contributed by atoms with van der Waals surface area (Å²) in [5.74, 6) is 0. The maximum Gasteiger partial charge on any atom is 0.0547 e. The van der Waals surface area contributed by atoms with Crippen molar-refractivity contribution in [2.45, 2.75) is 17.7 Å². The Morgan fingerprint density at radius 3 is 2.26 bits per heavy atom. The van der Waals surface area contributed by atoms with Crippen molar-refractivity contribution in [1.82, 2.24) is 4.57 Å². The fourth-order valence-corrected chi connectivity index (χ4v) is 13.4. The van der Waals surface area contributed by atoms with Crippen LogP contribution < -0.4 is 15.5 Å². The molecule has 280 valence electrons. The average Bonchev–Trinajstić information content (AvgIpc) is 3.85. The first-order chi connectivity index (χ1) is 28.5. The van der Waals surface area contributed by atoms with Gasteiger partial charge in [0.25, 0.3) is 0 Å². The van der Waals surface area contributed by atoms with Crippen LogP contribution in [0.5, 0.6) is 0 Å². The standard InChI is InChI=1S/C54H42N2S2/c1-58(2)53-27-17-15-24-45(53)46-31-28-37-34-48-42-32-29-40(55(38-18-9-6-10-19-38)41-30-33-44-43-23-14-16-26-51(43)57-52(44)35-41)22-8-4-3-5-13-25-49(42)56(39-20-11-7-12-21-39)50(48)36-47(37)54(46)58/h3-14,16-23,25-36H,15,24H2,1-2H3/b4-3+,5-3?,8-4?,13-5+,22-8-,25-13?,32-29?,40-22?,40-29+,42-32-,49-25+. The number of hydrogen-bond donors (Lipinski definition) is 0. The van der Waals surface area contributed by atoms with Crippen molar-refractivity contribution in [2.24, 2.45) is 0 Å². The van der Waals surface area contributed by atoms with E-state index in [4.69, 9.17) is 0 Å². The molecule has 11 rings (SSSR count). The minimum Gasteiger partial charge on any atom is -0.310 e. The number of thiophene rings is 1. The summed E-state index contributed by atoms with van der Waals surface area (Å²) in [6.07, 6.45) is 31.9. The topological polar surface area (TPSA) is 8.17 Å². The van der Waals surface area contributed by atoms with Gasteiger partial charge >= 0.3 is 0 Å². The summed E-state index contributed by atoms with van der Waals surface area (Å²) >= 11 is 1.86. The van der Waals surface area contributed by atoms with Crippen LogP contribution in [0.25, 0.3) is 65.3 Å². The highest BCUT2D eigenvalue weighted by atomic mass is 32.3. The number of nitrogens with zero attached hydrogens (tertiary/aromatic N) is 2. The van der Waals surface area contributed by atoms with Gasteiger partial charge in [-0.3, -0.25) is 0 Å². The fraction of sp³-hybridized carbons (Fsp3) is 0.0741. The molecule has 0 fully saturated rings. The number of allylic oxidation sites excluding steroid dienone is 10. The fourth-order valence-electron chi connectivity index (χ4n) is 9.35. The number of rotatable bonds is 4. The van der Waals surface area contributed by atoms with Crippen molar-refractivity contribution >= 4 is 92.3 Å². The van der Waals surface area contributed by atoms with Crippen molar-refractivity contribution < 1.29 is 0 Å². The Hall–Kier alpha value is -6.33. The zero-order valence-electron chi connectivity index (χ0n) is 32.6. The van der Waals surface area contributed by atoms with E-state index in [1.807, 2.05) is 11.3 Å². The van der Waals surface area contributed by atoms with Gasteiger partial charge in [0.1, 0.15) is 0 Å². The maximum atomic E-state index is 2.50. The van der Waals surface area contributed by atoms with E-state index in [-0.39, 0.29) is 0 Å². The van der Waals surface area contributed by atoms with Crippen LogP contribution >= 0.6 is 21.4 Å². The molecule has 0 saturated carbocycles. The number of benzene rings is 6. The van der Waals surface area contributed by atoms with Crippen LogP contribution in [0.15, 0.2) is 198 Å². The minimum absolute atomic E-state index is 1.07. The third kappa shape index (κ3) is 5.62. The molecular formula is C54H42N2S2. The Balaban J connectivity index is 1.19. The summed E-state index contributed by atoms with van der Waals surface area (Å²) < 4.78 is 5.06. The van der Waals surface area contributed by atoms with Crippen LogP contribution in [-0.2, 0) is 0 Å². The van der Waals surface area contributed by atoms with E-state index in [1.54, 1.807) is 10.5 Å². The second-order valence-corrected chi connectivity index (χ2v) is 20.2. The number of para-hydroxylation sites is 2. The molecule has 2 nitrogen and oxygen atoms in total. The van der Waals surface area contributed by atoms with Crippen LogP contribution in [0.2, 0.25) is 0 Å². The highest BCUT2D eigenvalue weighted by Crippen LogP contribution is 2.68. The molecule has 2 aliphatic carbocycles. The van der Waals surface area contributed by atoms with E-state index < -0.39 is 10.0 Å². The highest BCUT2D eigenvalue weighted by Gasteiger charge is 2.35. The molecule has 0 atom stereocenters. The second kappa shape index (κ2) is 13.9. The van der Waals surface area contributed by atoms with Crippen molar-refractivity contribution in [3.63, 3.8) is 0 Å². The Morgan fingerprint density at radius 1 is 0.603 bits per heavy atom. The van der Waals surface area contributed by atoms with Crippen molar-refractivity contribution in [3.8, 4) is 5.69 Å². The molecule has 0 unspecified atom stereocenters. The third-order valence-electron chi connectivity index (χ3n) is 11.9. The summed E-state index contributed by atoms with van der Waals surface area (Å²) in [5, 5.41) is 8.88. The monoisotopic (exact) mass is 782 g/mol.